The van der Waals surface area contributed by atoms with Gasteiger partial charge in [-0.1, -0.05) is 30.3 Å². The first-order valence-electron chi connectivity index (χ1n) is 6.42. The molecule has 0 aliphatic carbocycles. The van der Waals surface area contributed by atoms with Gasteiger partial charge in [-0.3, -0.25) is 9.89 Å². The number of hydrogen-bond donors (Lipinski definition) is 3. The average molecular weight is 274 g/mol. The molecule has 2 rings (SSSR count). The number of carbonyl (C=O) groups excluding carboxylic acids is 1. The maximum atomic E-state index is 10.5. The second kappa shape index (κ2) is 7.42. The summed E-state index contributed by atoms with van der Waals surface area (Å²) in [6, 6.07) is 10.0. The number of rotatable bonds is 8. The van der Waals surface area contributed by atoms with Crippen LogP contribution in [0.15, 0.2) is 36.5 Å². The van der Waals surface area contributed by atoms with Crippen molar-refractivity contribution in [2.75, 3.05) is 19.8 Å². The molecule has 1 aromatic carbocycles. The second-order valence-electron chi connectivity index (χ2n) is 4.33. The summed E-state index contributed by atoms with van der Waals surface area (Å²) in [6.07, 6.45) is 1.81. The van der Waals surface area contributed by atoms with Crippen molar-refractivity contribution in [3.63, 3.8) is 0 Å². The Morgan fingerprint density at radius 3 is 2.90 bits per heavy atom. The van der Waals surface area contributed by atoms with Gasteiger partial charge in [0, 0.05) is 18.7 Å². The van der Waals surface area contributed by atoms with Crippen LogP contribution in [0.4, 0.5) is 0 Å². The van der Waals surface area contributed by atoms with E-state index in [4.69, 9.17) is 10.5 Å². The van der Waals surface area contributed by atoms with Crippen LogP contribution in [0, 0.1) is 0 Å². The van der Waals surface area contributed by atoms with Crippen LogP contribution in [0.5, 0.6) is 0 Å². The Morgan fingerprint density at radius 1 is 1.35 bits per heavy atom. The number of nitrogens with two attached hydrogens (primary N) is 1. The van der Waals surface area contributed by atoms with Gasteiger partial charge in [0.25, 0.3) is 0 Å². The highest BCUT2D eigenvalue weighted by atomic mass is 16.5. The molecule has 0 fully saturated rings. The number of amides is 1. The number of aromatic amines is 1. The fraction of sp³-hybridized carbons (Fsp3) is 0.286. The van der Waals surface area contributed by atoms with Gasteiger partial charge in [-0.05, 0) is 5.56 Å². The molecule has 0 unspecified atom stereocenters. The lowest BCUT2D eigenvalue weighted by Gasteiger charge is -2.06. The number of hydrogen-bond acceptors (Lipinski definition) is 4. The molecule has 0 saturated heterocycles. The molecule has 1 amide bonds. The average Bonchev–Trinajstić information content (AvgIpc) is 2.92. The van der Waals surface area contributed by atoms with E-state index in [0.717, 1.165) is 16.8 Å². The Morgan fingerprint density at radius 2 is 2.15 bits per heavy atom. The first-order valence-corrected chi connectivity index (χ1v) is 6.42. The standard InChI is InChI=1S/C14H18N4O2/c15-13(19)10-20-7-6-16-8-12-9-17-18-14(12)11-4-2-1-3-5-11/h1-5,9,16H,6-8,10H2,(H2,15,19)(H,17,18). The third-order valence-corrected chi connectivity index (χ3v) is 2.76. The molecule has 0 aliphatic heterocycles. The molecule has 4 N–H and O–H groups in total. The van der Waals surface area contributed by atoms with Crippen molar-refractivity contribution in [2.45, 2.75) is 6.54 Å². The van der Waals surface area contributed by atoms with Crippen LogP contribution in [0.2, 0.25) is 0 Å². The molecule has 20 heavy (non-hydrogen) atoms. The Kier molecular flexibility index (Phi) is 5.28. The molecule has 6 heteroatoms. The number of benzene rings is 1. The van der Waals surface area contributed by atoms with E-state index >= 15 is 0 Å². The molecule has 0 radical (unpaired) electrons. The largest absolute Gasteiger partial charge is 0.370 e. The molecule has 0 bridgehead atoms. The lowest BCUT2D eigenvalue weighted by Crippen LogP contribution is -2.23. The summed E-state index contributed by atoms with van der Waals surface area (Å²) in [6.45, 7) is 1.73. The summed E-state index contributed by atoms with van der Waals surface area (Å²) in [5.41, 5.74) is 8.17. The summed E-state index contributed by atoms with van der Waals surface area (Å²) >= 11 is 0. The molecular weight excluding hydrogens is 256 g/mol. The van der Waals surface area contributed by atoms with Crippen LogP contribution in [-0.4, -0.2) is 35.9 Å². The van der Waals surface area contributed by atoms with Crippen molar-refractivity contribution < 1.29 is 9.53 Å². The lowest BCUT2D eigenvalue weighted by molar-refractivity contribution is -0.122. The predicted octanol–water partition coefficient (Wildman–Crippen LogP) is 0.668. The van der Waals surface area contributed by atoms with Gasteiger partial charge in [0.15, 0.2) is 0 Å². The minimum Gasteiger partial charge on any atom is -0.370 e. The van der Waals surface area contributed by atoms with Gasteiger partial charge in [0.05, 0.1) is 18.5 Å². The molecule has 106 valence electrons. The van der Waals surface area contributed by atoms with Gasteiger partial charge in [0.2, 0.25) is 5.91 Å². The van der Waals surface area contributed by atoms with Gasteiger partial charge in [-0.25, -0.2) is 0 Å². The first-order chi connectivity index (χ1) is 9.77. The van der Waals surface area contributed by atoms with E-state index in [9.17, 15) is 4.79 Å². The topological polar surface area (TPSA) is 93.0 Å². The third kappa shape index (κ3) is 4.18. The maximum Gasteiger partial charge on any atom is 0.243 e. The van der Waals surface area contributed by atoms with Crippen molar-refractivity contribution in [3.05, 3.63) is 42.1 Å². The van der Waals surface area contributed by atoms with Gasteiger partial charge in [-0.15, -0.1) is 0 Å². The van der Waals surface area contributed by atoms with Crippen molar-refractivity contribution in [2.24, 2.45) is 5.73 Å². The van der Waals surface area contributed by atoms with Crippen LogP contribution >= 0.6 is 0 Å². The van der Waals surface area contributed by atoms with Crippen LogP contribution < -0.4 is 11.1 Å². The molecule has 1 aromatic heterocycles. The highest BCUT2D eigenvalue weighted by Crippen LogP contribution is 2.20. The normalized spacial score (nSPS) is 10.6. The quantitative estimate of drug-likeness (QED) is 0.617. The molecule has 6 nitrogen and oxygen atoms in total. The molecule has 0 atom stereocenters. The Bertz CT molecular complexity index is 539. The fourth-order valence-electron chi connectivity index (χ4n) is 1.84. The maximum absolute atomic E-state index is 10.5. The van der Waals surface area contributed by atoms with E-state index in [1.165, 1.54) is 0 Å². The van der Waals surface area contributed by atoms with E-state index in [-0.39, 0.29) is 6.61 Å². The summed E-state index contributed by atoms with van der Waals surface area (Å²) in [4.78, 5) is 10.5. The number of primary amides is 1. The minimum atomic E-state index is -0.453. The van der Waals surface area contributed by atoms with Crippen molar-refractivity contribution in [1.82, 2.24) is 15.5 Å². The van der Waals surface area contributed by atoms with Gasteiger partial charge in [0.1, 0.15) is 6.61 Å². The number of aromatic nitrogens is 2. The van der Waals surface area contributed by atoms with Crippen LogP contribution in [0.3, 0.4) is 0 Å². The molecular formula is C14H18N4O2. The van der Waals surface area contributed by atoms with Crippen LogP contribution in [0.25, 0.3) is 11.3 Å². The van der Waals surface area contributed by atoms with E-state index in [1.807, 2.05) is 30.3 Å². The fourth-order valence-corrected chi connectivity index (χ4v) is 1.84. The second-order valence-corrected chi connectivity index (χ2v) is 4.33. The highest BCUT2D eigenvalue weighted by Gasteiger charge is 2.06. The zero-order valence-corrected chi connectivity index (χ0v) is 11.1. The molecule has 0 spiro atoms. The van der Waals surface area contributed by atoms with Crippen molar-refractivity contribution in [3.8, 4) is 11.3 Å². The van der Waals surface area contributed by atoms with Gasteiger partial charge in [-0.2, -0.15) is 5.10 Å². The number of carbonyl (C=O) groups is 1. The summed E-state index contributed by atoms with van der Waals surface area (Å²) in [5, 5.41) is 10.3. The molecule has 0 aliphatic rings. The molecule has 2 aromatic rings. The Balaban J connectivity index is 1.80. The van der Waals surface area contributed by atoms with Gasteiger partial charge < -0.3 is 15.8 Å². The minimum absolute atomic E-state index is 0.0390. The monoisotopic (exact) mass is 274 g/mol. The smallest absolute Gasteiger partial charge is 0.243 e. The van der Waals surface area contributed by atoms with E-state index in [1.54, 1.807) is 6.20 Å². The summed E-state index contributed by atoms with van der Waals surface area (Å²) in [7, 11) is 0. The van der Waals surface area contributed by atoms with Gasteiger partial charge >= 0.3 is 0 Å². The SMILES string of the molecule is NC(=O)COCCNCc1cn[nH]c1-c1ccccc1. The zero-order valence-electron chi connectivity index (χ0n) is 11.1. The number of H-pyrrole nitrogens is 1. The number of ether oxygens (including phenoxy) is 1. The first kappa shape index (κ1) is 14.2. The number of nitrogens with one attached hydrogen (secondary N) is 2. The highest BCUT2D eigenvalue weighted by molar-refractivity contribution is 5.74. The van der Waals surface area contributed by atoms with Crippen molar-refractivity contribution >= 4 is 5.91 Å². The van der Waals surface area contributed by atoms with Crippen LogP contribution in [0.1, 0.15) is 5.56 Å². The summed E-state index contributed by atoms with van der Waals surface area (Å²) < 4.78 is 5.07. The zero-order chi connectivity index (χ0) is 14.2. The van der Waals surface area contributed by atoms with E-state index in [0.29, 0.717) is 19.7 Å². The van der Waals surface area contributed by atoms with Crippen LogP contribution in [-0.2, 0) is 16.1 Å². The van der Waals surface area contributed by atoms with E-state index < -0.39 is 5.91 Å². The Hall–Kier alpha value is -2.18. The lowest BCUT2D eigenvalue weighted by atomic mass is 10.1. The van der Waals surface area contributed by atoms with Crippen molar-refractivity contribution in [1.29, 1.82) is 0 Å². The Labute approximate surface area is 117 Å². The van der Waals surface area contributed by atoms with E-state index in [2.05, 4.69) is 15.5 Å². The molecule has 1 heterocycles. The summed E-state index contributed by atoms with van der Waals surface area (Å²) in [5.74, 6) is -0.453. The molecule has 0 saturated carbocycles. The number of nitrogens with zero attached hydrogens (tertiary/aromatic N) is 1. The predicted molar refractivity (Wildman–Crippen MR) is 75.7 cm³/mol. The third-order valence-electron chi connectivity index (χ3n) is 2.76.